The number of amides is 1. The van der Waals surface area contributed by atoms with E-state index in [-0.39, 0.29) is 22.4 Å². The van der Waals surface area contributed by atoms with Gasteiger partial charge in [0.2, 0.25) is 0 Å². The molecule has 1 aliphatic rings. The molecule has 7 heteroatoms. The molecule has 0 spiro atoms. The minimum absolute atomic E-state index is 0.119. The molecule has 2 rings (SSSR count). The summed E-state index contributed by atoms with van der Waals surface area (Å²) >= 11 is 0. The van der Waals surface area contributed by atoms with E-state index >= 15 is 0 Å². The van der Waals surface area contributed by atoms with Gasteiger partial charge in [-0.1, -0.05) is 13.8 Å². The van der Waals surface area contributed by atoms with Crippen LogP contribution in [0.15, 0.2) is 23.1 Å². The van der Waals surface area contributed by atoms with E-state index in [2.05, 4.69) is 0 Å². The molecule has 0 atom stereocenters. The summed E-state index contributed by atoms with van der Waals surface area (Å²) in [4.78, 5) is 13.8. The Kier molecular flexibility index (Phi) is 4.58. The van der Waals surface area contributed by atoms with Crippen molar-refractivity contribution in [3.05, 3.63) is 29.6 Å². The minimum atomic E-state index is -4.00. The molecule has 0 aromatic heterocycles. The molecule has 1 fully saturated rings. The van der Waals surface area contributed by atoms with Crippen molar-refractivity contribution in [1.29, 1.82) is 0 Å². The molecule has 1 aromatic rings. The Morgan fingerprint density at radius 1 is 1.43 bits per heavy atom. The van der Waals surface area contributed by atoms with Crippen LogP contribution in [0.3, 0.4) is 0 Å². The van der Waals surface area contributed by atoms with Crippen molar-refractivity contribution in [2.75, 3.05) is 6.54 Å². The molecule has 0 saturated heterocycles. The number of carbonyl (C=O) groups excluding carboxylic acids is 1. The molecule has 0 bridgehead atoms. The third-order valence-electron chi connectivity index (χ3n) is 3.26. The van der Waals surface area contributed by atoms with Crippen molar-refractivity contribution < 1.29 is 17.6 Å². The fourth-order valence-corrected chi connectivity index (χ4v) is 2.92. The highest BCUT2D eigenvalue weighted by Gasteiger charge is 2.34. The van der Waals surface area contributed by atoms with Crippen molar-refractivity contribution in [3.63, 3.8) is 0 Å². The lowest BCUT2D eigenvalue weighted by Crippen LogP contribution is -2.36. The van der Waals surface area contributed by atoms with Crippen molar-refractivity contribution >= 4 is 25.6 Å². The van der Waals surface area contributed by atoms with Crippen LogP contribution in [0.25, 0.3) is 0 Å². The van der Waals surface area contributed by atoms with Gasteiger partial charge in [0.25, 0.3) is 15.0 Å². The predicted octanol–water partition coefficient (Wildman–Crippen LogP) is 3.01. The number of halogens is 2. The van der Waals surface area contributed by atoms with Crippen LogP contribution < -0.4 is 0 Å². The van der Waals surface area contributed by atoms with Gasteiger partial charge in [0, 0.05) is 23.3 Å². The maximum atomic E-state index is 14.0. The molecule has 1 aromatic carbocycles. The average Bonchev–Trinajstić information content (AvgIpc) is 3.18. The normalized spacial score (nSPS) is 15.3. The first-order valence-corrected chi connectivity index (χ1v) is 9.06. The molecule has 0 N–H and O–H groups in total. The van der Waals surface area contributed by atoms with Crippen molar-refractivity contribution in [3.8, 4) is 0 Å². The summed E-state index contributed by atoms with van der Waals surface area (Å²) in [5.41, 5.74) is -0.119. The predicted molar refractivity (Wildman–Crippen MR) is 78.3 cm³/mol. The summed E-state index contributed by atoms with van der Waals surface area (Å²) in [6.07, 6.45) is 1.85. The van der Waals surface area contributed by atoms with E-state index in [1.165, 1.54) is 6.07 Å². The first-order chi connectivity index (χ1) is 9.70. The third kappa shape index (κ3) is 3.95. The molecule has 0 unspecified atom stereocenters. The van der Waals surface area contributed by atoms with Gasteiger partial charge in [0.1, 0.15) is 5.82 Å². The Morgan fingerprint density at radius 3 is 2.48 bits per heavy atom. The maximum absolute atomic E-state index is 14.0. The van der Waals surface area contributed by atoms with E-state index in [4.69, 9.17) is 10.7 Å². The highest BCUT2D eigenvalue weighted by atomic mass is 35.7. The van der Waals surface area contributed by atoms with Crippen LogP contribution in [0.4, 0.5) is 4.39 Å². The van der Waals surface area contributed by atoms with Crippen LogP contribution in [0.2, 0.25) is 0 Å². The molecule has 1 aliphatic carbocycles. The molecule has 21 heavy (non-hydrogen) atoms. The molecular weight excluding hydrogens is 317 g/mol. The largest absolute Gasteiger partial charge is 0.335 e. The first-order valence-electron chi connectivity index (χ1n) is 6.75. The summed E-state index contributed by atoms with van der Waals surface area (Å²) in [6, 6.07) is 3.29. The lowest BCUT2D eigenvalue weighted by atomic mass is 10.1. The Balaban J connectivity index is 2.30. The summed E-state index contributed by atoms with van der Waals surface area (Å²) in [5, 5.41) is 0. The Labute approximate surface area is 128 Å². The van der Waals surface area contributed by atoms with Gasteiger partial charge in [0.15, 0.2) is 0 Å². The number of hydrogen-bond donors (Lipinski definition) is 0. The topological polar surface area (TPSA) is 54.5 Å². The van der Waals surface area contributed by atoms with E-state index in [0.717, 1.165) is 25.0 Å². The monoisotopic (exact) mass is 333 g/mol. The number of carbonyl (C=O) groups is 1. The molecule has 0 heterocycles. The van der Waals surface area contributed by atoms with E-state index in [0.29, 0.717) is 6.54 Å². The van der Waals surface area contributed by atoms with Crippen LogP contribution >= 0.6 is 10.7 Å². The highest BCUT2D eigenvalue weighted by molar-refractivity contribution is 8.13. The molecule has 1 amide bonds. The molecule has 0 radical (unpaired) electrons. The van der Waals surface area contributed by atoms with E-state index < -0.39 is 20.8 Å². The Hall–Kier alpha value is -1.14. The van der Waals surface area contributed by atoms with Crippen LogP contribution in [0.5, 0.6) is 0 Å². The van der Waals surface area contributed by atoms with Gasteiger partial charge >= 0.3 is 0 Å². The molecular formula is C14H17ClFNO3S. The summed E-state index contributed by atoms with van der Waals surface area (Å²) in [5.74, 6) is -0.988. The molecule has 1 saturated carbocycles. The number of rotatable bonds is 5. The average molecular weight is 334 g/mol. The first kappa shape index (κ1) is 16.2. The van der Waals surface area contributed by atoms with E-state index in [1.54, 1.807) is 4.90 Å². The van der Waals surface area contributed by atoms with Crippen LogP contribution in [-0.2, 0) is 9.05 Å². The second-order valence-corrected chi connectivity index (χ2v) is 8.23. The number of hydrogen-bond acceptors (Lipinski definition) is 3. The zero-order valence-corrected chi connectivity index (χ0v) is 13.4. The number of nitrogens with zero attached hydrogens (tertiary/aromatic N) is 1. The van der Waals surface area contributed by atoms with E-state index in [9.17, 15) is 17.6 Å². The molecule has 0 aliphatic heterocycles. The van der Waals surface area contributed by atoms with Crippen LogP contribution in [0, 0.1) is 11.7 Å². The van der Waals surface area contributed by atoms with E-state index in [1.807, 2.05) is 13.8 Å². The Morgan fingerprint density at radius 2 is 2.05 bits per heavy atom. The maximum Gasteiger partial charge on any atom is 0.261 e. The van der Waals surface area contributed by atoms with Crippen molar-refractivity contribution in [2.45, 2.75) is 37.6 Å². The smallest absolute Gasteiger partial charge is 0.261 e. The van der Waals surface area contributed by atoms with Gasteiger partial charge in [-0.2, -0.15) is 0 Å². The van der Waals surface area contributed by atoms with Gasteiger partial charge in [-0.25, -0.2) is 12.8 Å². The third-order valence-corrected chi connectivity index (χ3v) is 4.61. The SMILES string of the molecule is CC(C)CN(C(=O)c1ccc(S(=O)(=O)Cl)cc1F)C1CC1. The van der Waals surface area contributed by atoms with Crippen LogP contribution in [-0.4, -0.2) is 31.8 Å². The zero-order valence-electron chi connectivity index (χ0n) is 11.8. The van der Waals surface area contributed by atoms with Gasteiger partial charge in [-0.05, 0) is 37.0 Å². The summed E-state index contributed by atoms with van der Waals surface area (Å²) in [6.45, 7) is 4.53. The lowest BCUT2D eigenvalue weighted by molar-refractivity contribution is 0.0717. The summed E-state index contributed by atoms with van der Waals surface area (Å²) < 4.78 is 36.4. The van der Waals surface area contributed by atoms with Crippen molar-refractivity contribution in [2.24, 2.45) is 5.92 Å². The fraction of sp³-hybridized carbons (Fsp3) is 0.500. The fourth-order valence-electron chi connectivity index (χ4n) is 2.15. The quantitative estimate of drug-likeness (QED) is 0.778. The Bertz CT molecular complexity index is 656. The van der Waals surface area contributed by atoms with Crippen molar-refractivity contribution in [1.82, 2.24) is 4.90 Å². The minimum Gasteiger partial charge on any atom is -0.335 e. The second-order valence-electron chi connectivity index (χ2n) is 5.66. The van der Waals surface area contributed by atoms with Gasteiger partial charge in [-0.15, -0.1) is 0 Å². The van der Waals surface area contributed by atoms with Gasteiger partial charge < -0.3 is 4.90 Å². The van der Waals surface area contributed by atoms with Gasteiger partial charge in [0.05, 0.1) is 10.5 Å². The number of benzene rings is 1. The highest BCUT2D eigenvalue weighted by Crippen LogP contribution is 2.30. The van der Waals surface area contributed by atoms with Gasteiger partial charge in [-0.3, -0.25) is 4.79 Å². The second kappa shape index (κ2) is 5.93. The van der Waals surface area contributed by atoms with Crippen LogP contribution in [0.1, 0.15) is 37.0 Å². The summed E-state index contributed by atoms with van der Waals surface area (Å²) in [7, 11) is 1.16. The zero-order chi connectivity index (χ0) is 15.8. The molecule has 116 valence electrons. The molecule has 4 nitrogen and oxygen atoms in total. The lowest BCUT2D eigenvalue weighted by Gasteiger charge is -2.24. The standard InChI is InChI=1S/C14H17ClFNO3S/c1-9(2)8-17(10-3-4-10)14(18)12-6-5-11(7-13(12)16)21(15,19)20/h5-7,9-10H,3-4,8H2,1-2H3.